The van der Waals surface area contributed by atoms with Gasteiger partial charge in [-0.2, -0.15) is 0 Å². The molecule has 0 aliphatic rings. The zero-order valence-corrected chi connectivity index (χ0v) is 19.8. The first-order valence-corrected chi connectivity index (χ1v) is 11.8. The Hall–Kier alpha value is -2.92. The summed E-state index contributed by atoms with van der Waals surface area (Å²) in [5, 5.41) is 25.0. The van der Waals surface area contributed by atoms with Crippen molar-refractivity contribution in [3.63, 3.8) is 0 Å². The lowest BCUT2D eigenvalue weighted by atomic mass is 9.97. The summed E-state index contributed by atoms with van der Waals surface area (Å²) in [7, 11) is 0. The lowest BCUT2D eigenvalue weighted by Gasteiger charge is -2.20. The maximum atomic E-state index is 11.0. The van der Waals surface area contributed by atoms with Crippen LogP contribution < -0.4 is 5.32 Å². The van der Waals surface area contributed by atoms with Gasteiger partial charge in [0.25, 0.3) is 0 Å². The number of aromatic nitrogens is 1. The molecule has 3 N–H and O–H groups in total. The van der Waals surface area contributed by atoms with Crippen LogP contribution >= 0.6 is 0 Å². The van der Waals surface area contributed by atoms with Gasteiger partial charge in [0.1, 0.15) is 0 Å². The average Bonchev–Trinajstić information content (AvgIpc) is 3.14. The van der Waals surface area contributed by atoms with Crippen molar-refractivity contribution in [3.05, 3.63) is 83.9 Å². The summed E-state index contributed by atoms with van der Waals surface area (Å²) in [4.78, 5) is 0. The first-order chi connectivity index (χ1) is 16.0. The molecule has 0 unspecified atom stereocenters. The van der Waals surface area contributed by atoms with Gasteiger partial charge >= 0.3 is 0 Å². The molecule has 0 aliphatic heterocycles. The van der Waals surface area contributed by atoms with Crippen LogP contribution in [-0.4, -0.2) is 40.1 Å². The smallest absolute Gasteiger partial charge is 0.0843 e. The van der Waals surface area contributed by atoms with E-state index in [0.717, 1.165) is 23.2 Å². The molecule has 3 aromatic carbocycles. The normalized spacial score (nSPS) is 13.4. The van der Waals surface area contributed by atoms with Crippen LogP contribution in [0.2, 0.25) is 0 Å². The molecule has 4 rings (SSSR count). The van der Waals surface area contributed by atoms with E-state index >= 15 is 0 Å². The molecule has 0 fully saturated rings. The van der Waals surface area contributed by atoms with Crippen molar-refractivity contribution in [3.8, 4) is 22.4 Å². The number of hydrogen-bond donors (Lipinski definition) is 3. The van der Waals surface area contributed by atoms with Gasteiger partial charge in [-0.1, -0.05) is 79.2 Å². The molecule has 33 heavy (non-hydrogen) atoms. The van der Waals surface area contributed by atoms with Crippen LogP contribution in [0.5, 0.6) is 0 Å². The van der Waals surface area contributed by atoms with Crippen molar-refractivity contribution in [2.75, 3.05) is 13.2 Å². The van der Waals surface area contributed by atoms with Gasteiger partial charge < -0.3 is 20.1 Å². The zero-order chi connectivity index (χ0) is 23.4. The van der Waals surface area contributed by atoms with Gasteiger partial charge in [0, 0.05) is 23.5 Å². The van der Waals surface area contributed by atoms with Crippen molar-refractivity contribution >= 4 is 10.9 Å². The SMILES string of the molecule is CC[C@@H](CO)NC[C@@H](O)Cn1c(-c2ccccc2)c(-c2ccccc2)c2cc(C)cc(C)c21. The number of benzene rings is 3. The van der Waals surface area contributed by atoms with Crippen LogP contribution in [0.1, 0.15) is 24.5 Å². The molecule has 4 heteroatoms. The van der Waals surface area contributed by atoms with Gasteiger partial charge in [0.15, 0.2) is 0 Å². The summed E-state index contributed by atoms with van der Waals surface area (Å²) in [5.74, 6) is 0. The number of aliphatic hydroxyl groups is 2. The number of rotatable bonds is 9. The molecular formula is C29H34N2O2. The summed E-state index contributed by atoms with van der Waals surface area (Å²) < 4.78 is 2.29. The molecule has 172 valence electrons. The molecule has 0 amide bonds. The Morgan fingerprint density at radius 3 is 2.15 bits per heavy atom. The van der Waals surface area contributed by atoms with Gasteiger partial charge in [-0.15, -0.1) is 0 Å². The Morgan fingerprint density at radius 1 is 0.909 bits per heavy atom. The highest BCUT2D eigenvalue weighted by Crippen LogP contribution is 2.42. The minimum atomic E-state index is -0.590. The summed E-state index contributed by atoms with van der Waals surface area (Å²) >= 11 is 0. The number of nitrogens with one attached hydrogen (secondary N) is 1. The maximum Gasteiger partial charge on any atom is 0.0843 e. The molecule has 4 aromatic rings. The monoisotopic (exact) mass is 442 g/mol. The van der Waals surface area contributed by atoms with Gasteiger partial charge in [-0.25, -0.2) is 0 Å². The molecule has 0 spiro atoms. The van der Waals surface area contributed by atoms with Crippen molar-refractivity contribution in [2.45, 2.75) is 45.9 Å². The Morgan fingerprint density at radius 2 is 1.55 bits per heavy atom. The van der Waals surface area contributed by atoms with E-state index in [2.05, 4.69) is 84.4 Å². The molecule has 0 radical (unpaired) electrons. The highest BCUT2D eigenvalue weighted by molar-refractivity contribution is 6.06. The van der Waals surface area contributed by atoms with Gasteiger partial charge in [0.05, 0.1) is 30.5 Å². The lowest BCUT2D eigenvalue weighted by molar-refractivity contribution is 0.140. The number of fused-ring (bicyclic) bond motifs is 1. The van der Waals surface area contributed by atoms with Gasteiger partial charge in [-0.3, -0.25) is 0 Å². The number of aliphatic hydroxyl groups excluding tert-OH is 2. The summed E-state index contributed by atoms with van der Waals surface area (Å²) in [6.45, 7) is 7.29. The first-order valence-electron chi connectivity index (χ1n) is 11.8. The average molecular weight is 443 g/mol. The standard InChI is InChI=1S/C29H34N2O2/c1-4-24(19-32)30-17-25(33)18-31-28-21(3)15-20(2)16-26(28)27(22-11-7-5-8-12-22)29(31)23-13-9-6-10-14-23/h5-16,24-25,30,32-33H,4,17-19H2,1-3H3/t24-,25+/m0/s1. The Balaban J connectivity index is 1.91. The number of hydrogen-bond acceptors (Lipinski definition) is 3. The lowest BCUT2D eigenvalue weighted by Crippen LogP contribution is -2.39. The molecule has 0 saturated carbocycles. The van der Waals surface area contributed by atoms with Gasteiger partial charge in [-0.05, 0) is 43.0 Å². The van der Waals surface area contributed by atoms with E-state index in [1.807, 2.05) is 19.1 Å². The van der Waals surface area contributed by atoms with Gasteiger partial charge in [0.2, 0.25) is 0 Å². The third-order valence-electron chi connectivity index (χ3n) is 6.35. The molecule has 1 aromatic heterocycles. The second-order valence-electron chi connectivity index (χ2n) is 8.89. The minimum absolute atomic E-state index is 0.00100. The number of aryl methyl sites for hydroxylation is 2. The first kappa shape index (κ1) is 23.2. The minimum Gasteiger partial charge on any atom is -0.395 e. The fourth-order valence-electron chi connectivity index (χ4n) is 4.77. The Kier molecular flexibility index (Phi) is 7.29. The largest absolute Gasteiger partial charge is 0.395 e. The zero-order valence-electron chi connectivity index (χ0n) is 19.8. The van der Waals surface area contributed by atoms with Crippen LogP contribution in [-0.2, 0) is 6.54 Å². The second kappa shape index (κ2) is 10.3. The maximum absolute atomic E-state index is 11.0. The summed E-state index contributed by atoms with van der Waals surface area (Å²) in [6, 6.07) is 25.4. The van der Waals surface area contributed by atoms with Crippen LogP contribution in [0.25, 0.3) is 33.3 Å². The predicted octanol–water partition coefficient (Wildman–Crippen LogP) is 5.31. The summed E-state index contributed by atoms with van der Waals surface area (Å²) in [6.07, 6.45) is 0.231. The van der Waals surface area contributed by atoms with Crippen molar-refractivity contribution in [2.24, 2.45) is 0 Å². The van der Waals surface area contributed by atoms with Crippen LogP contribution in [0.3, 0.4) is 0 Å². The van der Waals surface area contributed by atoms with Crippen molar-refractivity contribution in [1.29, 1.82) is 0 Å². The third kappa shape index (κ3) is 4.88. The van der Waals surface area contributed by atoms with Crippen LogP contribution in [0.15, 0.2) is 72.8 Å². The molecule has 0 aliphatic carbocycles. The van der Waals surface area contributed by atoms with E-state index in [1.54, 1.807) is 0 Å². The van der Waals surface area contributed by atoms with E-state index in [4.69, 9.17) is 0 Å². The van der Waals surface area contributed by atoms with E-state index in [9.17, 15) is 10.2 Å². The van der Waals surface area contributed by atoms with E-state index in [0.29, 0.717) is 13.1 Å². The topological polar surface area (TPSA) is 57.4 Å². The fourth-order valence-corrected chi connectivity index (χ4v) is 4.77. The highest BCUT2D eigenvalue weighted by atomic mass is 16.3. The van der Waals surface area contributed by atoms with Crippen molar-refractivity contribution in [1.82, 2.24) is 9.88 Å². The van der Waals surface area contributed by atoms with Crippen LogP contribution in [0.4, 0.5) is 0 Å². The quantitative estimate of drug-likeness (QED) is 0.329. The number of nitrogens with zero attached hydrogens (tertiary/aromatic N) is 1. The fraction of sp³-hybridized carbons (Fsp3) is 0.310. The molecule has 0 saturated heterocycles. The molecule has 4 nitrogen and oxygen atoms in total. The highest BCUT2D eigenvalue weighted by Gasteiger charge is 2.23. The summed E-state index contributed by atoms with van der Waals surface area (Å²) in [5.41, 5.74) is 8.21. The molecule has 2 atom stereocenters. The van der Waals surface area contributed by atoms with Crippen LogP contribution in [0, 0.1) is 13.8 Å². The van der Waals surface area contributed by atoms with E-state index in [-0.39, 0.29) is 12.6 Å². The second-order valence-corrected chi connectivity index (χ2v) is 8.89. The van der Waals surface area contributed by atoms with E-state index in [1.165, 1.54) is 27.6 Å². The Bertz CT molecular complexity index is 1200. The Labute approximate surface area is 196 Å². The van der Waals surface area contributed by atoms with Crippen molar-refractivity contribution < 1.29 is 10.2 Å². The van der Waals surface area contributed by atoms with E-state index < -0.39 is 6.10 Å². The molecule has 1 heterocycles. The third-order valence-corrected chi connectivity index (χ3v) is 6.35. The predicted molar refractivity (Wildman–Crippen MR) is 137 cm³/mol. The molecular weight excluding hydrogens is 408 g/mol. The molecule has 0 bridgehead atoms.